The quantitative estimate of drug-likeness (QED) is 0.862. The molecule has 5 nitrogen and oxygen atoms in total. The van der Waals surface area contributed by atoms with Crippen molar-refractivity contribution in [2.24, 2.45) is 0 Å². The molecular weight excluding hydrogens is 301 g/mol. The van der Waals surface area contributed by atoms with Crippen LogP contribution in [0.25, 0.3) is 11.0 Å². The normalized spacial score (nSPS) is 26.5. The fourth-order valence-corrected chi connectivity index (χ4v) is 3.59. The molecule has 1 N–H and O–H groups in total. The Hall–Kier alpha value is -1.37. The molecule has 1 aromatic heterocycles. The summed E-state index contributed by atoms with van der Waals surface area (Å²) in [5.41, 5.74) is 2.45. The lowest BCUT2D eigenvalue weighted by Gasteiger charge is -2.32. The number of aromatic nitrogens is 2. The van der Waals surface area contributed by atoms with Crippen molar-refractivity contribution in [1.82, 2.24) is 14.9 Å². The molecule has 2 aliphatic rings. The van der Waals surface area contributed by atoms with Gasteiger partial charge in [-0.15, -0.1) is 0 Å². The van der Waals surface area contributed by atoms with Gasteiger partial charge in [-0.3, -0.25) is 4.90 Å². The summed E-state index contributed by atoms with van der Waals surface area (Å²) in [6.07, 6.45) is 2.40. The van der Waals surface area contributed by atoms with Gasteiger partial charge in [0.15, 0.2) is 0 Å². The number of nitrogens with zero attached hydrogens (tertiary/aromatic N) is 2. The van der Waals surface area contributed by atoms with Crippen molar-refractivity contribution in [3.63, 3.8) is 0 Å². The largest absolute Gasteiger partial charge is 0.494 e. The molecule has 6 heteroatoms. The van der Waals surface area contributed by atoms with Crippen molar-refractivity contribution >= 4 is 23.6 Å². The third-order valence-corrected chi connectivity index (χ3v) is 5.89. The van der Waals surface area contributed by atoms with Gasteiger partial charge in [0.25, 0.3) is 0 Å². The Morgan fingerprint density at radius 3 is 2.54 bits per heavy atom. The van der Waals surface area contributed by atoms with E-state index in [1.54, 1.807) is 0 Å². The molecule has 1 atom stereocenters. The maximum Gasteiger partial charge on any atom is 0.494 e. The van der Waals surface area contributed by atoms with Crippen molar-refractivity contribution < 1.29 is 9.31 Å². The molecule has 0 spiro atoms. The van der Waals surface area contributed by atoms with Crippen molar-refractivity contribution in [3.05, 3.63) is 24.0 Å². The molecule has 0 bridgehead atoms. The second kappa shape index (κ2) is 5.31. The van der Waals surface area contributed by atoms with Crippen LogP contribution >= 0.6 is 0 Å². The molecular formula is C18H26BN3O2. The Balaban J connectivity index is 1.64. The summed E-state index contributed by atoms with van der Waals surface area (Å²) < 4.78 is 12.3. The van der Waals surface area contributed by atoms with Gasteiger partial charge in [0.05, 0.1) is 28.3 Å². The summed E-state index contributed by atoms with van der Waals surface area (Å²) in [6.45, 7) is 9.46. The van der Waals surface area contributed by atoms with Gasteiger partial charge in [-0.05, 0) is 71.7 Å². The number of rotatable bonds is 2. The standard InChI is InChI=1S/C18H26BN3O2/c1-17(2)18(3,4)24-19(23-17)12-8-9-13-14(11-12)21-16(20-13)15-7-6-10-22(15)5/h8-9,11,15H,6-7,10H2,1-5H3,(H,20,21). The van der Waals surface area contributed by atoms with Gasteiger partial charge in [0.1, 0.15) is 5.82 Å². The third kappa shape index (κ3) is 2.48. The first-order chi connectivity index (χ1) is 11.3. The lowest BCUT2D eigenvalue weighted by molar-refractivity contribution is 0.00578. The highest BCUT2D eigenvalue weighted by molar-refractivity contribution is 6.62. The Morgan fingerprint density at radius 1 is 1.21 bits per heavy atom. The molecule has 0 aliphatic carbocycles. The second-order valence-electron chi connectivity index (χ2n) is 8.13. The highest BCUT2D eigenvalue weighted by Gasteiger charge is 2.51. The van der Waals surface area contributed by atoms with E-state index in [2.05, 4.69) is 62.8 Å². The van der Waals surface area contributed by atoms with E-state index >= 15 is 0 Å². The van der Waals surface area contributed by atoms with E-state index < -0.39 is 0 Å². The number of benzene rings is 1. The number of H-pyrrole nitrogens is 1. The van der Waals surface area contributed by atoms with Crippen molar-refractivity contribution in [2.75, 3.05) is 13.6 Å². The topological polar surface area (TPSA) is 50.4 Å². The molecule has 1 aromatic carbocycles. The molecule has 0 saturated carbocycles. The van der Waals surface area contributed by atoms with Crippen LogP contribution in [-0.2, 0) is 9.31 Å². The van der Waals surface area contributed by atoms with Crippen LogP contribution in [-0.4, -0.2) is 46.8 Å². The van der Waals surface area contributed by atoms with Crippen LogP contribution in [0.4, 0.5) is 0 Å². The number of fused-ring (bicyclic) bond motifs is 1. The van der Waals surface area contributed by atoms with Gasteiger partial charge < -0.3 is 14.3 Å². The summed E-state index contributed by atoms with van der Waals surface area (Å²) in [5.74, 6) is 1.07. The molecule has 2 saturated heterocycles. The first-order valence-corrected chi connectivity index (χ1v) is 8.82. The molecule has 128 valence electrons. The fraction of sp³-hybridized carbons (Fsp3) is 0.611. The number of aromatic amines is 1. The van der Waals surface area contributed by atoms with Gasteiger partial charge in [-0.2, -0.15) is 0 Å². The van der Waals surface area contributed by atoms with E-state index in [4.69, 9.17) is 14.3 Å². The van der Waals surface area contributed by atoms with Crippen LogP contribution in [0.3, 0.4) is 0 Å². The molecule has 2 fully saturated rings. The minimum atomic E-state index is -0.333. The predicted molar refractivity (Wildman–Crippen MR) is 96.4 cm³/mol. The number of imidazole rings is 1. The fourth-order valence-electron chi connectivity index (χ4n) is 3.59. The van der Waals surface area contributed by atoms with Gasteiger partial charge in [-0.25, -0.2) is 4.98 Å². The maximum atomic E-state index is 6.16. The summed E-state index contributed by atoms with van der Waals surface area (Å²) in [4.78, 5) is 10.7. The van der Waals surface area contributed by atoms with Crippen LogP contribution < -0.4 is 5.46 Å². The van der Waals surface area contributed by atoms with Crippen LogP contribution in [0.2, 0.25) is 0 Å². The zero-order chi connectivity index (χ0) is 17.1. The Kier molecular flexibility index (Phi) is 3.57. The van der Waals surface area contributed by atoms with Crippen LogP contribution in [0, 0.1) is 0 Å². The predicted octanol–water partition coefficient (Wildman–Crippen LogP) is 2.63. The van der Waals surface area contributed by atoms with Gasteiger partial charge in [-0.1, -0.05) is 6.07 Å². The zero-order valence-corrected chi connectivity index (χ0v) is 15.2. The average Bonchev–Trinajstić information content (AvgIpc) is 3.14. The minimum Gasteiger partial charge on any atom is -0.399 e. The van der Waals surface area contributed by atoms with Crippen molar-refractivity contribution in [2.45, 2.75) is 57.8 Å². The maximum absolute atomic E-state index is 6.16. The molecule has 4 rings (SSSR count). The monoisotopic (exact) mass is 327 g/mol. The van der Waals surface area contributed by atoms with E-state index in [9.17, 15) is 0 Å². The number of hydrogen-bond donors (Lipinski definition) is 1. The minimum absolute atomic E-state index is 0.321. The van der Waals surface area contributed by atoms with Crippen LogP contribution in [0.1, 0.15) is 52.4 Å². The smallest absolute Gasteiger partial charge is 0.399 e. The Bertz CT molecular complexity index is 755. The van der Waals surface area contributed by atoms with Gasteiger partial charge >= 0.3 is 7.12 Å². The summed E-state index contributed by atoms with van der Waals surface area (Å²) in [6, 6.07) is 6.64. The second-order valence-corrected chi connectivity index (χ2v) is 8.13. The van der Waals surface area contributed by atoms with E-state index in [-0.39, 0.29) is 18.3 Å². The van der Waals surface area contributed by atoms with Gasteiger partial charge in [0, 0.05) is 0 Å². The molecule has 0 radical (unpaired) electrons. The number of likely N-dealkylation sites (tertiary alicyclic amines) is 1. The Morgan fingerprint density at radius 2 is 1.92 bits per heavy atom. The third-order valence-electron chi connectivity index (χ3n) is 5.89. The molecule has 0 amide bonds. The number of nitrogens with one attached hydrogen (secondary N) is 1. The molecule has 3 heterocycles. The van der Waals surface area contributed by atoms with Crippen LogP contribution in [0.15, 0.2) is 18.2 Å². The average molecular weight is 327 g/mol. The number of hydrogen-bond acceptors (Lipinski definition) is 4. The molecule has 2 aromatic rings. The van der Waals surface area contributed by atoms with Crippen molar-refractivity contribution in [1.29, 1.82) is 0 Å². The van der Waals surface area contributed by atoms with E-state index in [0.717, 1.165) is 28.9 Å². The lowest BCUT2D eigenvalue weighted by atomic mass is 9.79. The van der Waals surface area contributed by atoms with E-state index in [1.807, 2.05) is 0 Å². The summed E-state index contributed by atoms with van der Waals surface area (Å²) in [7, 11) is 1.83. The summed E-state index contributed by atoms with van der Waals surface area (Å²) in [5, 5.41) is 0. The lowest BCUT2D eigenvalue weighted by Crippen LogP contribution is -2.41. The van der Waals surface area contributed by atoms with Gasteiger partial charge in [0.2, 0.25) is 0 Å². The van der Waals surface area contributed by atoms with E-state index in [1.165, 1.54) is 12.8 Å². The van der Waals surface area contributed by atoms with Crippen molar-refractivity contribution in [3.8, 4) is 0 Å². The molecule has 2 aliphatic heterocycles. The first kappa shape index (κ1) is 16.1. The highest BCUT2D eigenvalue weighted by atomic mass is 16.7. The highest BCUT2D eigenvalue weighted by Crippen LogP contribution is 2.36. The molecule has 1 unspecified atom stereocenters. The molecule has 24 heavy (non-hydrogen) atoms. The summed E-state index contributed by atoms with van der Waals surface area (Å²) >= 11 is 0. The zero-order valence-electron chi connectivity index (χ0n) is 15.2. The SMILES string of the molecule is CN1CCCC1c1nc2ccc(B3OC(C)(C)C(C)(C)O3)cc2[nH]1. The Labute approximate surface area is 143 Å². The van der Waals surface area contributed by atoms with E-state index in [0.29, 0.717) is 6.04 Å². The first-order valence-electron chi connectivity index (χ1n) is 8.82. The van der Waals surface area contributed by atoms with Crippen LogP contribution in [0.5, 0.6) is 0 Å².